The van der Waals surface area contributed by atoms with Gasteiger partial charge in [0.25, 0.3) is 0 Å². The van der Waals surface area contributed by atoms with E-state index >= 15 is 0 Å². The number of hydrogen-bond donors (Lipinski definition) is 2. The summed E-state index contributed by atoms with van der Waals surface area (Å²) >= 11 is 3.55. The van der Waals surface area contributed by atoms with E-state index in [9.17, 15) is 10.5 Å². The van der Waals surface area contributed by atoms with Crippen molar-refractivity contribution in [3.05, 3.63) is 86.3 Å². The van der Waals surface area contributed by atoms with E-state index in [0.29, 0.717) is 22.8 Å². The number of nitrogens with one attached hydrogen (secondary N) is 1. The van der Waals surface area contributed by atoms with Crippen LogP contribution in [0.5, 0.6) is 11.6 Å². The third-order valence-electron chi connectivity index (χ3n) is 4.94. The Morgan fingerprint density at radius 2 is 2.03 bits per heavy atom. The van der Waals surface area contributed by atoms with Crippen LogP contribution in [0.15, 0.2) is 58.4 Å². The fourth-order valence-electron chi connectivity index (χ4n) is 3.46. The first-order valence-electron chi connectivity index (χ1n) is 9.06. The van der Waals surface area contributed by atoms with Crippen LogP contribution in [0.3, 0.4) is 0 Å². The quantitative estimate of drug-likeness (QED) is 0.601. The van der Waals surface area contributed by atoms with Crippen LogP contribution in [0.4, 0.5) is 0 Å². The summed E-state index contributed by atoms with van der Waals surface area (Å²) in [6.45, 7) is 2.14. The largest absolute Gasteiger partial charge is 0.488 e. The zero-order chi connectivity index (χ0) is 21.3. The Bertz CT molecular complexity index is 1250. The fraction of sp³-hybridized carbons (Fsp3) is 0.136. The van der Waals surface area contributed by atoms with Gasteiger partial charge in [0.1, 0.15) is 24.0 Å². The van der Waals surface area contributed by atoms with Crippen molar-refractivity contribution in [2.75, 3.05) is 0 Å². The van der Waals surface area contributed by atoms with Crippen molar-refractivity contribution in [2.45, 2.75) is 19.4 Å². The lowest BCUT2D eigenvalue weighted by molar-refractivity contribution is 0.304. The van der Waals surface area contributed by atoms with Crippen molar-refractivity contribution >= 4 is 15.9 Å². The van der Waals surface area contributed by atoms with E-state index in [1.165, 1.54) is 0 Å². The molecule has 148 valence electrons. The lowest BCUT2D eigenvalue weighted by atomic mass is 9.84. The SMILES string of the molecule is Cc1[nH]nc2c1C(c1ccc(OCc3ccccc3C#N)c(Br)c1)C(C#N)=C(N)O2. The van der Waals surface area contributed by atoms with Crippen molar-refractivity contribution in [1.82, 2.24) is 10.2 Å². The summed E-state index contributed by atoms with van der Waals surface area (Å²) in [7, 11) is 0. The average Bonchev–Trinajstić information content (AvgIpc) is 3.12. The average molecular weight is 462 g/mol. The second kappa shape index (κ2) is 7.94. The summed E-state index contributed by atoms with van der Waals surface area (Å²) in [5, 5.41) is 25.9. The molecule has 8 heteroatoms. The lowest BCUT2D eigenvalue weighted by Crippen LogP contribution is -2.21. The van der Waals surface area contributed by atoms with Crippen molar-refractivity contribution in [1.29, 1.82) is 10.5 Å². The highest BCUT2D eigenvalue weighted by Crippen LogP contribution is 2.44. The molecule has 1 atom stereocenters. The van der Waals surface area contributed by atoms with E-state index < -0.39 is 5.92 Å². The first kappa shape index (κ1) is 19.6. The molecule has 1 aliphatic heterocycles. The summed E-state index contributed by atoms with van der Waals surface area (Å²) in [4.78, 5) is 0. The zero-order valence-electron chi connectivity index (χ0n) is 15.9. The maximum absolute atomic E-state index is 9.67. The zero-order valence-corrected chi connectivity index (χ0v) is 17.5. The van der Waals surface area contributed by atoms with E-state index in [-0.39, 0.29) is 12.5 Å². The first-order valence-corrected chi connectivity index (χ1v) is 9.85. The minimum atomic E-state index is -0.401. The number of rotatable bonds is 4. The molecule has 0 fully saturated rings. The fourth-order valence-corrected chi connectivity index (χ4v) is 3.97. The molecule has 0 spiro atoms. The molecule has 0 amide bonds. The number of nitrogens with zero attached hydrogens (tertiary/aromatic N) is 3. The molecule has 0 radical (unpaired) electrons. The van der Waals surface area contributed by atoms with Crippen LogP contribution < -0.4 is 15.2 Å². The molecule has 2 heterocycles. The molecule has 0 saturated heterocycles. The number of aromatic amines is 1. The number of nitriles is 2. The van der Waals surface area contributed by atoms with Gasteiger partial charge in [0.2, 0.25) is 11.8 Å². The first-order chi connectivity index (χ1) is 14.5. The lowest BCUT2D eigenvalue weighted by Gasteiger charge is -2.24. The monoisotopic (exact) mass is 461 g/mol. The third-order valence-corrected chi connectivity index (χ3v) is 5.56. The Morgan fingerprint density at radius 1 is 1.23 bits per heavy atom. The molecule has 1 aliphatic rings. The van der Waals surface area contributed by atoms with Crippen molar-refractivity contribution in [2.24, 2.45) is 5.73 Å². The van der Waals surface area contributed by atoms with Gasteiger partial charge in [-0.2, -0.15) is 10.5 Å². The Morgan fingerprint density at radius 3 is 2.77 bits per heavy atom. The minimum absolute atomic E-state index is 0.0473. The number of aromatic nitrogens is 2. The molecule has 0 bridgehead atoms. The molecule has 3 N–H and O–H groups in total. The topological polar surface area (TPSA) is 121 Å². The predicted molar refractivity (Wildman–Crippen MR) is 112 cm³/mol. The highest BCUT2D eigenvalue weighted by atomic mass is 79.9. The summed E-state index contributed by atoms with van der Waals surface area (Å²) < 4.78 is 12.1. The molecule has 3 aromatic rings. The molecule has 0 saturated carbocycles. The summed E-state index contributed by atoms with van der Waals surface area (Å²) in [6.07, 6.45) is 0. The minimum Gasteiger partial charge on any atom is -0.488 e. The molecule has 30 heavy (non-hydrogen) atoms. The maximum Gasteiger partial charge on any atom is 0.244 e. The number of fused-ring (bicyclic) bond motifs is 1. The number of halogens is 1. The second-order valence-electron chi connectivity index (χ2n) is 6.74. The number of benzene rings is 2. The van der Waals surface area contributed by atoms with Gasteiger partial charge >= 0.3 is 0 Å². The van der Waals surface area contributed by atoms with E-state index in [4.69, 9.17) is 15.2 Å². The van der Waals surface area contributed by atoms with E-state index in [1.54, 1.807) is 6.07 Å². The summed E-state index contributed by atoms with van der Waals surface area (Å²) in [5.41, 5.74) is 10.1. The number of nitrogens with two attached hydrogens (primary N) is 1. The van der Waals surface area contributed by atoms with Crippen LogP contribution in [-0.2, 0) is 6.61 Å². The van der Waals surface area contributed by atoms with Gasteiger partial charge in [-0.3, -0.25) is 5.10 Å². The van der Waals surface area contributed by atoms with Gasteiger partial charge in [-0.1, -0.05) is 24.3 Å². The number of H-pyrrole nitrogens is 1. The van der Waals surface area contributed by atoms with Crippen molar-refractivity contribution < 1.29 is 9.47 Å². The van der Waals surface area contributed by atoms with Crippen LogP contribution in [0.1, 0.15) is 33.9 Å². The Labute approximate surface area is 181 Å². The molecule has 1 unspecified atom stereocenters. The van der Waals surface area contributed by atoms with E-state index in [2.05, 4.69) is 38.3 Å². The van der Waals surface area contributed by atoms with Crippen molar-refractivity contribution in [3.63, 3.8) is 0 Å². The molecule has 0 aliphatic carbocycles. The van der Waals surface area contributed by atoms with Gasteiger partial charge in [0.15, 0.2) is 0 Å². The van der Waals surface area contributed by atoms with Crippen LogP contribution >= 0.6 is 15.9 Å². The molecular formula is C22H16BrN5O2. The van der Waals surface area contributed by atoms with E-state index in [0.717, 1.165) is 26.9 Å². The standard InChI is InChI=1S/C22H16BrN5O2/c1-12-19-20(16(10-25)21(26)30-22(19)28-27-12)13-6-7-18(17(23)8-13)29-11-15-5-3-2-4-14(15)9-24/h2-8,20H,11,26H2,1H3,(H,27,28). The molecular weight excluding hydrogens is 446 g/mol. The highest BCUT2D eigenvalue weighted by molar-refractivity contribution is 9.10. The van der Waals surface area contributed by atoms with Gasteiger partial charge in [0, 0.05) is 16.8 Å². The Hall–Kier alpha value is -3.75. The van der Waals surface area contributed by atoms with Crippen LogP contribution in [0.25, 0.3) is 0 Å². The van der Waals surface area contributed by atoms with Crippen molar-refractivity contribution in [3.8, 4) is 23.8 Å². The summed E-state index contributed by atoms with van der Waals surface area (Å²) in [6, 6.07) is 17.2. The van der Waals surface area contributed by atoms with Gasteiger partial charge < -0.3 is 15.2 Å². The van der Waals surface area contributed by atoms with Crippen LogP contribution in [-0.4, -0.2) is 10.2 Å². The second-order valence-corrected chi connectivity index (χ2v) is 7.59. The van der Waals surface area contributed by atoms with Gasteiger partial charge in [0.05, 0.1) is 22.0 Å². The Balaban J connectivity index is 1.66. The smallest absolute Gasteiger partial charge is 0.244 e. The molecule has 4 rings (SSSR count). The molecule has 1 aromatic heterocycles. The maximum atomic E-state index is 9.67. The number of allylic oxidation sites excluding steroid dienone is 1. The molecule has 2 aromatic carbocycles. The van der Waals surface area contributed by atoms with Crippen LogP contribution in [0.2, 0.25) is 0 Å². The predicted octanol–water partition coefficient (Wildman–Crippen LogP) is 4.15. The third kappa shape index (κ3) is 3.38. The van der Waals surface area contributed by atoms with Gasteiger partial charge in [-0.15, -0.1) is 5.10 Å². The normalized spacial score (nSPS) is 15.0. The number of ether oxygens (including phenoxy) is 2. The number of hydrogen-bond acceptors (Lipinski definition) is 6. The van der Waals surface area contributed by atoms with E-state index in [1.807, 2.05) is 43.3 Å². The number of aryl methyl sites for hydroxylation is 1. The Kier molecular flexibility index (Phi) is 5.18. The van der Waals surface area contributed by atoms with Gasteiger partial charge in [-0.05, 0) is 46.6 Å². The van der Waals surface area contributed by atoms with Crippen LogP contribution in [0, 0.1) is 29.6 Å². The molecule has 7 nitrogen and oxygen atoms in total. The highest BCUT2D eigenvalue weighted by Gasteiger charge is 2.34. The van der Waals surface area contributed by atoms with Gasteiger partial charge in [-0.25, -0.2) is 0 Å². The summed E-state index contributed by atoms with van der Waals surface area (Å²) in [5.74, 6) is 0.643.